The van der Waals surface area contributed by atoms with Gasteiger partial charge in [0.15, 0.2) is 0 Å². The molecule has 1 unspecified atom stereocenters. The van der Waals surface area contributed by atoms with Crippen LogP contribution in [-0.2, 0) is 14.3 Å². The topological polar surface area (TPSA) is 63.6 Å². The molecule has 0 aliphatic carbocycles. The van der Waals surface area contributed by atoms with Gasteiger partial charge in [-0.3, -0.25) is 9.59 Å². The van der Waals surface area contributed by atoms with E-state index in [1.165, 1.54) is 128 Å². The van der Waals surface area contributed by atoms with Gasteiger partial charge in [0.2, 0.25) is 0 Å². The zero-order valence-electron chi connectivity index (χ0n) is 29.0. The molecule has 0 aliphatic rings. The SMILES string of the molecule is CCCCCCCCC/C=C\C(CCCCCCCCC(=O)O)OC(=O)CCCCCCCCCCCCCCCCC. The first kappa shape index (κ1) is 41.7. The number of carbonyl (C=O) groups is 2. The minimum absolute atomic E-state index is 0.0334. The molecule has 254 valence electrons. The fourth-order valence-electron chi connectivity index (χ4n) is 5.86. The third-order valence-corrected chi connectivity index (χ3v) is 8.72. The Balaban J connectivity index is 4.03. The molecule has 0 aromatic rings. The van der Waals surface area contributed by atoms with Crippen molar-refractivity contribution in [3.05, 3.63) is 12.2 Å². The Morgan fingerprint density at radius 2 is 0.884 bits per heavy atom. The van der Waals surface area contributed by atoms with E-state index in [2.05, 4.69) is 26.0 Å². The number of esters is 1. The van der Waals surface area contributed by atoms with Gasteiger partial charge in [-0.15, -0.1) is 0 Å². The fourth-order valence-corrected chi connectivity index (χ4v) is 5.86. The first-order valence-electron chi connectivity index (χ1n) is 19.2. The Morgan fingerprint density at radius 1 is 0.512 bits per heavy atom. The second kappa shape index (κ2) is 35.2. The van der Waals surface area contributed by atoms with Crippen molar-refractivity contribution in [2.24, 2.45) is 0 Å². The van der Waals surface area contributed by atoms with Crippen molar-refractivity contribution < 1.29 is 19.4 Å². The molecule has 0 amide bonds. The van der Waals surface area contributed by atoms with Gasteiger partial charge in [0.1, 0.15) is 6.10 Å². The molecule has 0 spiro atoms. The molecule has 1 N–H and O–H groups in total. The number of hydrogen-bond donors (Lipinski definition) is 1. The largest absolute Gasteiger partial charge is 0.481 e. The number of rotatable bonds is 35. The van der Waals surface area contributed by atoms with Crippen LogP contribution in [0.1, 0.15) is 219 Å². The van der Waals surface area contributed by atoms with Gasteiger partial charge in [-0.25, -0.2) is 0 Å². The van der Waals surface area contributed by atoms with Crippen LogP contribution in [0.25, 0.3) is 0 Å². The Hall–Kier alpha value is -1.32. The summed E-state index contributed by atoms with van der Waals surface area (Å²) in [7, 11) is 0. The van der Waals surface area contributed by atoms with E-state index in [4.69, 9.17) is 9.84 Å². The van der Waals surface area contributed by atoms with Crippen molar-refractivity contribution in [2.75, 3.05) is 0 Å². The van der Waals surface area contributed by atoms with Gasteiger partial charge in [-0.1, -0.05) is 174 Å². The number of carboxylic acids is 1. The van der Waals surface area contributed by atoms with Gasteiger partial charge >= 0.3 is 11.9 Å². The van der Waals surface area contributed by atoms with Gasteiger partial charge in [-0.05, 0) is 44.6 Å². The maximum atomic E-state index is 12.6. The summed E-state index contributed by atoms with van der Waals surface area (Å²) in [6.07, 6.45) is 42.4. The number of carboxylic acid groups (broad SMARTS) is 1. The van der Waals surface area contributed by atoms with Crippen LogP contribution in [0, 0.1) is 0 Å². The summed E-state index contributed by atoms with van der Waals surface area (Å²) in [5.41, 5.74) is 0. The summed E-state index contributed by atoms with van der Waals surface area (Å²) in [5.74, 6) is -0.730. The van der Waals surface area contributed by atoms with Crippen molar-refractivity contribution in [3.63, 3.8) is 0 Å². The van der Waals surface area contributed by atoms with Crippen LogP contribution >= 0.6 is 0 Å². The monoisotopic (exact) mass is 607 g/mol. The van der Waals surface area contributed by atoms with E-state index < -0.39 is 5.97 Å². The molecule has 0 aliphatic heterocycles. The standard InChI is InChI=1S/C39H74O4/c1-3-5-7-9-11-13-14-15-16-17-18-20-22-28-32-36-39(42)43-37(33-29-25-21-19-12-10-8-6-4-2)34-30-26-23-24-27-31-35-38(40)41/h29,33,37H,3-28,30-32,34-36H2,1-2H3,(H,40,41)/b33-29-. The predicted molar refractivity (Wildman–Crippen MR) is 186 cm³/mol. The number of hydrogen-bond acceptors (Lipinski definition) is 3. The van der Waals surface area contributed by atoms with Gasteiger partial charge in [0, 0.05) is 12.8 Å². The Morgan fingerprint density at radius 3 is 1.33 bits per heavy atom. The molecule has 0 aromatic carbocycles. The molecule has 0 bridgehead atoms. The summed E-state index contributed by atoms with van der Waals surface area (Å²) in [6, 6.07) is 0. The highest BCUT2D eigenvalue weighted by atomic mass is 16.5. The summed E-state index contributed by atoms with van der Waals surface area (Å²) in [4.78, 5) is 23.3. The van der Waals surface area contributed by atoms with Crippen molar-refractivity contribution in [1.82, 2.24) is 0 Å². The lowest BCUT2D eigenvalue weighted by molar-refractivity contribution is -0.147. The van der Waals surface area contributed by atoms with E-state index in [1.807, 2.05) is 0 Å². The van der Waals surface area contributed by atoms with E-state index >= 15 is 0 Å². The van der Waals surface area contributed by atoms with Crippen molar-refractivity contribution in [3.8, 4) is 0 Å². The Kier molecular flexibility index (Phi) is 34.1. The van der Waals surface area contributed by atoms with Gasteiger partial charge in [0.25, 0.3) is 0 Å². The lowest BCUT2D eigenvalue weighted by atomic mass is 10.0. The Labute approximate surface area is 268 Å². The van der Waals surface area contributed by atoms with Crippen LogP contribution in [0.15, 0.2) is 12.2 Å². The number of unbranched alkanes of at least 4 members (excludes halogenated alkanes) is 26. The minimum atomic E-state index is -0.697. The van der Waals surface area contributed by atoms with Gasteiger partial charge in [0.05, 0.1) is 0 Å². The third kappa shape index (κ3) is 35.0. The minimum Gasteiger partial charge on any atom is -0.481 e. The van der Waals surface area contributed by atoms with E-state index in [-0.39, 0.29) is 18.5 Å². The average molecular weight is 607 g/mol. The molecule has 4 heteroatoms. The van der Waals surface area contributed by atoms with Crippen LogP contribution in [-0.4, -0.2) is 23.1 Å². The molecule has 0 saturated heterocycles. The first-order chi connectivity index (χ1) is 21.1. The molecule has 0 radical (unpaired) electrons. The van der Waals surface area contributed by atoms with E-state index in [9.17, 15) is 9.59 Å². The molecular formula is C39H74O4. The van der Waals surface area contributed by atoms with Crippen LogP contribution in [0.3, 0.4) is 0 Å². The normalized spacial score (nSPS) is 12.2. The summed E-state index contributed by atoms with van der Waals surface area (Å²) >= 11 is 0. The predicted octanol–water partition coefficient (Wildman–Crippen LogP) is 13.1. The number of aliphatic carboxylic acids is 1. The molecule has 0 fully saturated rings. The number of carbonyl (C=O) groups excluding carboxylic acids is 1. The van der Waals surface area contributed by atoms with Crippen molar-refractivity contribution >= 4 is 11.9 Å². The van der Waals surface area contributed by atoms with E-state index in [0.717, 1.165) is 64.2 Å². The van der Waals surface area contributed by atoms with Gasteiger partial charge in [-0.2, -0.15) is 0 Å². The average Bonchev–Trinajstić information content (AvgIpc) is 2.99. The van der Waals surface area contributed by atoms with Gasteiger partial charge < -0.3 is 9.84 Å². The van der Waals surface area contributed by atoms with E-state index in [1.54, 1.807) is 0 Å². The highest BCUT2D eigenvalue weighted by Gasteiger charge is 2.11. The van der Waals surface area contributed by atoms with Crippen LogP contribution < -0.4 is 0 Å². The van der Waals surface area contributed by atoms with Crippen LogP contribution in [0.5, 0.6) is 0 Å². The highest BCUT2D eigenvalue weighted by molar-refractivity contribution is 5.69. The molecule has 43 heavy (non-hydrogen) atoms. The smallest absolute Gasteiger partial charge is 0.306 e. The first-order valence-corrected chi connectivity index (χ1v) is 19.2. The van der Waals surface area contributed by atoms with Crippen molar-refractivity contribution in [1.29, 1.82) is 0 Å². The Bertz CT molecular complexity index is 614. The molecular weight excluding hydrogens is 532 g/mol. The molecule has 0 saturated carbocycles. The molecule has 0 rings (SSSR count). The number of allylic oxidation sites excluding steroid dienone is 1. The fraction of sp³-hybridized carbons (Fsp3) is 0.897. The lowest BCUT2D eigenvalue weighted by Crippen LogP contribution is -2.16. The zero-order valence-corrected chi connectivity index (χ0v) is 29.0. The molecule has 0 aromatic heterocycles. The molecule has 4 nitrogen and oxygen atoms in total. The quantitative estimate of drug-likeness (QED) is 0.0443. The molecule has 0 heterocycles. The highest BCUT2D eigenvalue weighted by Crippen LogP contribution is 2.17. The maximum Gasteiger partial charge on any atom is 0.306 e. The summed E-state index contributed by atoms with van der Waals surface area (Å²) < 4.78 is 5.92. The third-order valence-electron chi connectivity index (χ3n) is 8.72. The second-order valence-electron chi connectivity index (χ2n) is 13.1. The zero-order chi connectivity index (χ0) is 31.5. The summed E-state index contributed by atoms with van der Waals surface area (Å²) in [5, 5.41) is 8.77. The summed E-state index contributed by atoms with van der Waals surface area (Å²) in [6.45, 7) is 4.54. The second-order valence-corrected chi connectivity index (χ2v) is 13.1. The number of ether oxygens (including phenoxy) is 1. The van der Waals surface area contributed by atoms with Crippen LogP contribution in [0.2, 0.25) is 0 Å². The lowest BCUT2D eigenvalue weighted by Gasteiger charge is -2.15. The maximum absolute atomic E-state index is 12.6. The van der Waals surface area contributed by atoms with Crippen molar-refractivity contribution in [2.45, 2.75) is 225 Å². The molecule has 1 atom stereocenters. The van der Waals surface area contributed by atoms with Crippen LogP contribution in [0.4, 0.5) is 0 Å². The van der Waals surface area contributed by atoms with E-state index in [0.29, 0.717) is 6.42 Å².